The maximum Gasteiger partial charge on any atom is 0.227 e. The normalized spacial score (nSPS) is 29.2. The molecule has 1 saturated heterocycles. The molecule has 45 heavy (non-hydrogen) atoms. The van der Waals surface area contributed by atoms with E-state index in [1.54, 1.807) is 0 Å². The summed E-state index contributed by atoms with van der Waals surface area (Å²) >= 11 is 0. The third-order valence-corrected chi connectivity index (χ3v) is 13.6. The van der Waals surface area contributed by atoms with Crippen molar-refractivity contribution in [3.05, 3.63) is 0 Å². The monoisotopic (exact) mass is 624 g/mol. The molecule has 0 aromatic heterocycles. The maximum absolute atomic E-state index is 14.7. The minimum Gasteiger partial charge on any atom is -0.332 e. The third-order valence-electron chi connectivity index (χ3n) is 13.6. The first-order valence-corrected chi connectivity index (χ1v) is 18.3. The van der Waals surface area contributed by atoms with Gasteiger partial charge in [0.25, 0.3) is 0 Å². The molecule has 7 heteroatoms. The van der Waals surface area contributed by atoms with Crippen LogP contribution in [0.15, 0.2) is 0 Å². The molecule has 4 aliphatic carbocycles. The number of nitrogens with two attached hydrogens (primary N) is 1. The second kappa shape index (κ2) is 12.6. The van der Waals surface area contributed by atoms with Gasteiger partial charge in [0.15, 0.2) is 17.3 Å². The Morgan fingerprint density at radius 3 is 2.04 bits per heavy atom. The number of ketones is 4. The first-order valence-electron chi connectivity index (χ1n) is 18.3. The molecule has 5 fully saturated rings. The summed E-state index contributed by atoms with van der Waals surface area (Å²) in [5.41, 5.74) is 6.07. The van der Waals surface area contributed by atoms with E-state index in [1.165, 1.54) is 12.8 Å². The van der Waals surface area contributed by atoms with Crippen molar-refractivity contribution in [1.29, 1.82) is 0 Å². The fourth-order valence-corrected chi connectivity index (χ4v) is 10.1. The summed E-state index contributed by atoms with van der Waals surface area (Å²) in [7, 11) is 0. The molecule has 4 saturated carbocycles. The predicted molar refractivity (Wildman–Crippen MR) is 175 cm³/mol. The molecular weight excluding hydrogens is 564 g/mol. The average molecular weight is 625 g/mol. The molecule has 0 bridgehead atoms. The zero-order chi connectivity index (χ0) is 32.9. The Kier molecular flexibility index (Phi) is 9.66. The van der Waals surface area contributed by atoms with E-state index in [4.69, 9.17) is 5.73 Å². The van der Waals surface area contributed by atoms with Crippen LogP contribution in [0.1, 0.15) is 144 Å². The van der Waals surface area contributed by atoms with Gasteiger partial charge in [-0.2, -0.15) is 0 Å². The standard InChI is InChI=1S/C38H60N2O5/c1-7-12-26(33(44)31(43)19-24-15-16-24)20-29(41)28-22-38(36(5,6)37(38)17-11-18-37)23-40(28)34(45)27(35(2,3)4)21-30(42)32(39)25-13-9-8-10-14-25/h24-28,32H,7-23,39H2,1-6H3/t26-,27-,28+,32+,38-/m1/s1. The highest BCUT2D eigenvalue weighted by Gasteiger charge is 2.85. The molecule has 2 N–H and O–H groups in total. The molecule has 1 heterocycles. The maximum atomic E-state index is 14.7. The van der Waals surface area contributed by atoms with Gasteiger partial charge in [-0.05, 0) is 79.4 Å². The molecule has 5 rings (SSSR count). The Morgan fingerprint density at radius 1 is 0.889 bits per heavy atom. The van der Waals surface area contributed by atoms with E-state index in [1.807, 2.05) is 32.6 Å². The van der Waals surface area contributed by atoms with Gasteiger partial charge in [-0.1, -0.05) is 73.6 Å². The van der Waals surface area contributed by atoms with E-state index in [-0.39, 0.29) is 58.3 Å². The number of likely N-dealkylation sites (tertiary alicyclic amines) is 1. The van der Waals surface area contributed by atoms with E-state index in [2.05, 4.69) is 13.8 Å². The summed E-state index contributed by atoms with van der Waals surface area (Å²) in [5.74, 6) is -1.72. The Balaban J connectivity index is 1.39. The van der Waals surface area contributed by atoms with Gasteiger partial charge in [-0.25, -0.2) is 0 Å². The lowest BCUT2D eigenvalue weighted by Crippen LogP contribution is -2.49. The number of Topliss-reactive ketones (excluding diaryl/α,β-unsaturated/α-hetero) is 4. The largest absolute Gasteiger partial charge is 0.332 e. The average Bonchev–Trinajstić information content (AvgIpc) is 3.79. The summed E-state index contributed by atoms with van der Waals surface area (Å²) in [4.78, 5) is 70.6. The number of hydrogen-bond donors (Lipinski definition) is 1. The molecule has 0 radical (unpaired) electrons. The summed E-state index contributed by atoms with van der Waals surface area (Å²) in [6.07, 6.45) is 12.9. The van der Waals surface area contributed by atoms with Gasteiger partial charge in [0.2, 0.25) is 11.7 Å². The number of nitrogens with zero attached hydrogens (tertiary/aromatic N) is 1. The Morgan fingerprint density at radius 2 is 1.53 bits per heavy atom. The Hall–Kier alpha value is -1.89. The highest BCUT2D eigenvalue weighted by Crippen LogP contribution is 2.88. The van der Waals surface area contributed by atoms with Crippen molar-refractivity contribution in [2.45, 2.75) is 156 Å². The lowest BCUT2D eigenvalue weighted by atomic mass is 9.73. The van der Waals surface area contributed by atoms with Gasteiger partial charge >= 0.3 is 0 Å². The number of carbonyl (C=O) groups is 5. The molecule has 0 unspecified atom stereocenters. The van der Waals surface area contributed by atoms with Gasteiger partial charge < -0.3 is 10.6 Å². The van der Waals surface area contributed by atoms with Crippen molar-refractivity contribution < 1.29 is 24.0 Å². The molecule has 7 nitrogen and oxygen atoms in total. The van der Waals surface area contributed by atoms with E-state index >= 15 is 0 Å². The molecule has 5 aliphatic rings. The first-order chi connectivity index (χ1) is 21.1. The van der Waals surface area contributed by atoms with Crippen molar-refractivity contribution >= 4 is 29.0 Å². The molecule has 252 valence electrons. The van der Waals surface area contributed by atoms with Crippen LogP contribution in [0.4, 0.5) is 0 Å². The topological polar surface area (TPSA) is 115 Å². The van der Waals surface area contributed by atoms with Crippen LogP contribution in [0.25, 0.3) is 0 Å². The zero-order valence-corrected chi connectivity index (χ0v) is 29.1. The summed E-state index contributed by atoms with van der Waals surface area (Å²) in [5, 5.41) is 0. The van der Waals surface area contributed by atoms with Crippen LogP contribution in [-0.2, 0) is 24.0 Å². The number of fused-ring (bicyclic) bond motifs is 1. The Labute approximate surface area is 271 Å². The molecule has 1 amide bonds. The van der Waals surface area contributed by atoms with Crippen molar-refractivity contribution in [3.8, 4) is 0 Å². The quantitative estimate of drug-likeness (QED) is 0.217. The third kappa shape index (κ3) is 6.13. The van der Waals surface area contributed by atoms with Gasteiger partial charge in [-0.3, -0.25) is 24.0 Å². The van der Waals surface area contributed by atoms with E-state index in [9.17, 15) is 24.0 Å². The highest BCUT2D eigenvalue weighted by atomic mass is 16.2. The number of carbonyl (C=O) groups excluding carboxylic acids is 5. The summed E-state index contributed by atoms with van der Waals surface area (Å²) in [6.45, 7) is 13.1. The number of hydrogen-bond acceptors (Lipinski definition) is 6. The predicted octanol–water partition coefficient (Wildman–Crippen LogP) is 6.63. The fourth-order valence-electron chi connectivity index (χ4n) is 10.1. The van der Waals surface area contributed by atoms with Crippen molar-refractivity contribution in [2.24, 2.45) is 51.1 Å². The zero-order valence-electron chi connectivity index (χ0n) is 29.1. The molecule has 5 atom stereocenters. The molecule has 0 aromatic rings. The number of amides is 1. The highest BCUT2D eigenvalue weighted by molar-refractivity contribution is 6.38. The molecule has 1 aliphatic heterocycles. The van der Waals surface area contributed by atoms with Crippen LogP contribution in [0.5, 0.6) is 0 Å². The van der Waals surface area contributed by atoms with Crippen LogP contribution in [0, 0.1) is 45.3 Å². The Bertz CT molecular complexity index is 1180. The van der Waals surface area contributed by atoms with Crippen LogP contribution in [0.3, 0.4) is 0 Å². The van der Waals surface area contributed by atoms with E-state index < -0.39 is 35.1 Å². The fraction of sp³-hybridized carbons (Fsp3) is 0.868. The lowest BCUT2D eigenvalue weighted by Gasteiger charge is -2.36. The smallest absolute Gasteiger partial charge is 0.227 e. The van der Waals surface area contributed by atoms with Crippen molar-refractivity contribution in [1.82, 2.24) is 4.90 Å². The second-order valence-corrected chi connectivity index (χ2v) is 17.4. The van der Waals surface area contributed by atoms with Gasteiger partial charge in [0.05, 0.1) is 12.1 Å². The minimum absolute atomic E-state index is 0.00665. The SMILES string of the molecule is CCC[C@H](CC(=O)[C@@H]1C[C@@]2(CN1C(=O)[C@@H](CC(=O)[C@@H](N)C1CCCCC1)C(C)(C)C)C(C)(C)C21CCC1)C(=O)C(=O)CC1CC1. The van der Waals surface area contributed by atoms with Crippen molar-refractivity contribution in [2.75, 3.05) is 6.54 Å². The van der Waals surface area contributed by atoms with Gasteiger partial charge in [0, 0.05) is 43.1 Å². The molecule has 0 aromatic carbocycles. The minimum atomic E-state index is -0.630. The lowest BCUT2D eigenvalue weighted by molar-refractivity contribution is -0.147. The van der Waals surface area contributed by atoms with Crippen molar-refractivity contribution in [3.63, 3.8) is 0 Å². The van der Waals surface area contributed by atoms with E-state index in [0.29, 0.717) is 38.1 Å². The first kappa shape index (κ1) is 34.4. The molecule has 2 spiro atoms. The van der Waals surface area contributed by atoms with Crippen LogP contribution in [0.2, 0.25) is 0 Å². The summed E-state index contributed by atoms with van der Waals surface area (Å²) < 4.78 is 0. The summed E-state index contributed by atoms with van der Waals surface area (Å²) in [6, 6.07) is -1.19. The van der Waals surface area contributed by atoms with Gasteiger partial charge in [0.1, 0.15) is 0 Å². The second-order valence-electron chi connectivity index (χ2n) is 17.4. The van der Waals surface area contributed by atoms with Crippen LogP contribution >= 0.6 is 0 Å². The number of rotatable bonds is 14. The van der Waals surface area contributed by atoms with E-state index in [0.717, 1.165) is 51.4 Å². The van der Waals surface area contributed by atoms with Crippen LogP contribution < -0.4 is 5.73 Å². The van der Waals surface area contributed by atoms with Gasteiger partial charge in [-0.15, -0.1) is 0 Å². The molecular formula is C38H60N2O5. The van der Waals surface area contributed by atoms with Crippen LogP contribution in [-0.4, -0.2) is 52.6 Å².